The van der Waals surface area contributed by atoms with E-state index in [0.717, 1.165) is 23.5 Å². The zero-order valence-corrected chi connectivity index (χ0v) is 8.50. The molecule has 0 fully saturated rings. The number of aliphatic hydroxyl groups excluding tert-OH is 2. The molecule has 0 aliphatic heterocycles. The van der Waals surface area contributed by atoms with E-state index >= 15 is 0 Å². The molecule has 0 saturated carbocycles. The minimum absolute atomic E-state index is 0.195. The normalized spacial score (nSPS) is 8.36. The lowest BCUT2D eigenvalue weighted by Gasteiger charge is -1.85. The third kappa shape index (κ3) is 25.2. The minimum Gasteiger partial charge on any atom is -0.396 e. The fourth-order valence-electron chi connectivity index (χ4n) is 0.224. The summed E-state index contributed by atoms with van der Waals surface area (Å²) >= 11 is 8.39. The Labute approximate surface area is 79.0 Å². The van der Waals surface area contributed by atoms with E-state index in [4.69, 9.17) is 10.2 Å². The van der Waals surface area contributed by atoms with Gasteiger partial charge in [-0.25, -0.2) is 0 Å². The Morgan fingerprint density at radius 1 is 1.27 bits per heavy atom. The predicted molar refractivity (Wildman–Crippen MR) is 55.3 cm³/mol. The van der Waals surface area contributed by atoms with Crippen LogP contribution >= 0.6 is 24.8 Å². The van der Waals surface area contributed by atoms with Gasteiger partial charge in [-0.15, -0.1) is 12.6 Å². The van der Waals surface area contributed by atoms with Crippen LogP contribution in [0.4, 0.5) is 0 Å². The molecule has 0 saturated heterocycles. The lowest BCUT2D eigenvalue weighted by molar-refractivity contribution is 0.242. The molecule has 0 amide bonds. The number of hydrogen-bond acceptors (Lipinski definition) is 3. The second-order valence-electron chi connectivity index (χ2n) is 1.90. The van der Waals surface area contributed by atoms with Gasteiger partial charge in [-0.1, -0.05) is 19.1 Å². The van der Waals surface area contributed by atoms with Crippen LogP contribution in [0, 0.1) is 0 Å². The molecular formula is C7H16O2S2. The molecule has 68 valence electrons. The van der Waals surface area contributed by atoms with Gasteiger partial charge in [0.1, 0.15) is 0 Å². The van der Waals surface area contributed by atoms with Crippen molar-refractivity contribution < 1.29 is 10.2 Å². The highest BCUT2D eigenvalue weighted by Crippen LogP contribution is 1.86. The SMILES string of the molecule is CCC(=S)S.OCCCCO. The Balaban J connectivity index is 0. The van der Waals surface area contributed by atoms with Crippen LogP contribution in [0.1, 0.15) is 26.2 Å². The number of aliphatic hydroxyl groups is 2. The Morgan fingerprint density at radius 2 is 1.55 bits per heavy atom. The molecule has 2 nitrogen and oxygen atoms in total. The topological polar surface area (TPSA) is 40.5 Å². The van der Waals surface area contributed by atoms with Crippen molar-refractivity contribution in [1.82, 2.24) is 0 Å². The highest BCUT2D eigenvalue weighted by Gasteiger charge is 1.77. The molecule has 0 atom stereocenters. The number of unbranched alkanes of at least 4 members (excludes halogenated alkanes) is 1. The Kier molecular flexibility index (Phi) is 16.4. The van der Waals surface area contributed by atoms with Crippen molar-refractivity contribution in [1.29, 1.82) is 0 Å². The Bertz CT molecular complexity index is 82.5. The average Bonchev–Trinajstić information content (AvgIpc) is 2.02. The second-order valence-corrected chi connectivity index (χ2v) is 3.24. The highest BCUT2D eigenvalue weighted by atomic mass is 32.1. The molecule has 0 aromatic rings. The lowest BCUT2D eigenvalue weighted by atomic mass is 10.3. The standard InChI is InChI=1S/C4H10O2.C3H6S2/c5-3-1-2-4-6;1-2-3(4)5/h5-6H,1-4H2;2H2,1H3,(H,4,5). The zero-order valence-electron chi connectivity index (χ0n) is 6.79. The summed E-state index contributed by atoms with van der Waals surface area (Å²) in [6.07, 6.45) is 2.34. The average molecular weight is 196 g/mol. The van der Waals surface area contributed by atoms with Gasteiger partial charge in [0.2, 0.25) is 0 Å². The van der Waals surface area contributed by atoms with E-state index in [1.165, 1.54) is 0 Å². The largest absolute Gasteiger partial charge is 0.396 e. The summed E-state index contributed by atoms with van der Waals surface area (Å²) in [4.78, 5) is 0. The van der Waals surface area contributed by atoms with Crippen LogP contribution in [-0.4, -0.2) is 27.6 Å². The molecule has 2 N–H and O–H groups in total. The molecule has 0 aromatic heterocycles. The molecular weight excluding hydrogens is 180 g/mol. The highest BCUT2D eigenvalue weighted by molar-refractivity contribution is 8.11. The molecule has 0 aliphatic carbocycles. The zero-order chi connectivity index (χ0) is 9.11. The van der Waals surface area contributed by atoms with Crippen LogP contribution in [-0.2, 0) is 0 Å². The first kappa shape index (κ1) is 13.9. The van der Waals surface area contributed by atoms with Gasteiger partial charge in [-0.2, -0.15) is 0 Å². The van der Waals surface area contributed by atoms with E-state index in [-0.39, 0.29) is 13.2 Å². The summed E-state index contributed by atoms with van der Waals surface area (Å²) in [5, 5.41) is 16.2. The number of thiol groups is 1. The van der Waals surface area contributed by atoms with Crippen molar-refractivity contribution in [2.45, 2.75) is 26.2 Å². The fourth-order valence-corrected chi connectivity index (χ4v) is 0.224. The lowest BCUT2D eigenvalue weighted by Crippen LogP contribution is -1.85. The molecule has 0 unspecified atom stereocenters. The fraction of sp³-hybridized carbons (Fsp3) is 0.857. The van der Waals surface area contributed by atoms with Gasteiger partial charge >= 0.3 is 0 Å². The maximum absolute atomic E-state index is 8.09. The number of thiocarbonyl (C=S) groups is 1. The Hall–Kier alpha value is 0.360. The quantitative estimate of drug-likeness (QED) is 0.362. The first-order chi connectivity index (χ1) is 5.18. The molecule has 0 rings (SSSR count). The van der Waals surface area contributed by atoms with Gasteiger partial charge in [0.15, 0.2) is 0 Å². The van der Waals surface area contributed by atoms with Crippen LogP contribution in [0.15, 0.2) is 0 Å². The minimum atomic E-state index is 0.195. The van der Waals surface area contributed by atoms with Crippen molar-refractivity contribution in [3.05, 3.63) is 0 Å². The molecule has 4 heteroatoms. The van der Waals surface area contributed by atoms with Gasteiger partial charge in [-0.3, -0.25) is 0 Å². The van der Waals surface area contributed by atoms with Gasteiger partial charge < -0.3 is 10.2 Å². The third-order valence-electron chi connectivity index (χ3n) is 0.869. The molecule has 0 bridgehead atoms. The van der Waals surface area contributed by atoms with Crippen molar-refractivity contribution >= 4 is 29.0 Å². The molecule has 0 heterocycles. The number of rotatable bonds is 4. The summed E-state index contributed by atoms with van der Waals surface area (Å²) in [5.41, 5.74) is 0. The van der Waals surface area contributed by atoms with Gasteiger partial charge in [0, 0.05) is 17.4 Å². The van der Waals surface area contributed by atoms with Crippen LogP contribution in [0.5, 0.6) is 0 Å². The summed E-state index contributed by atoms with van der Waals surface area (Å²) in [7, 11) is 0. The molecule has 0 radical (unpaired) electrons. The maximum atomic E-state index is 8.09. The predicted octanol–water partition coefficient (Wildman–Crippen LogP) is 1.40. The first-order valence-corrected chi connectivity index (χ1v) is 4.48. The van der Waals surface area contributed by atoms with E-state index in [1.807, 2.05) is 6.92 Å². The van der Waals surface area contributed by atoms with Crippen molar-refractivity contribution in [3.8, 4) is 0 Å². The van der Waals surface area contributed by atoms with Crippen LogP contribution in [0.25, 0.3) is 0 Å². The molecule has 0 spiro atoms. The van der Waals surface area contributed by atoms with Crippen molar-refractivity contribution in [2.24, 2.45) is 0 Å². The van der Waals surface area contributed by atoms with Gasteiger partial charge in [0.05, 0.1) is 0 Å². The first-order valence-electron chi connectivity index (χ1n) is 3.62. The van der Waals surface area contributed by atoms with E-state index in [1.54, 1.807) is 0 Å². The van der Waals surface area contributed by atoms with Gasteiger partial charge in [-0.05, 0) is 19.3 Å². The summed E-state index contributed by atoms with van der Waals surface area (Å²) in [6, 6.07) is 0. The van der Waals surface area contributed by atoms with Crippen molar-refractivity contribution in [2.75, 3.05) is 13.2 Å². The summed E-state index contributed by atoms with van der Waals surface area (Å²) in [5.74, 6) is 0. The third-order valence-corrected chi connectivity index (χ3v) is 1.47. The van der Waals surface area contributed by atoms with Gasteiger partial charge in [0.25, 0.3) is 0 Å². The molecule has 11 heavy (non-hydrogen) atoms. The Morgan fingerprint density at radius 3 is 1.64 bits per heavy atom. The maximum Gasteiger partial charge on any atom is 0.0445 e. The van der Waals surface area contributed by atoms with Crippen LogP contribution in [0.3, 0.4) is 0 Å². The van der Waals surface area contributed by atoms with E-state index < -0.39 is 0 Å². The molecule has 0 aliphatic rings. The van der Waals surface area contributed by atoms with E-state index in [2.05, 4.69) is 24.8 Å². The van der Waals surface area contributed by atoms with E-state index in [9.17, 15) is 0 Å². The summed E-state index contributed by atoms with van der Waals surface area (Å²) in [6.45, 7) is 2.37. The summed E-state index contributed by atoms with van der Waals surface area (Å²) < 4.78 is 0.782. The van der Waals surface area contributed by atoms with E-state index in [0.29, 0.717) is 0 Å². The number of hydrogen-bond donors (Lipinski definition) is 3. The van der Waals surface area contributed by atoms with Crippen molar-refractivity contribution in [3.63, 3.8) is 0 Å². The smallest absolute Gasteiger partial charge is 0.0445 e. The monoisotopic (exact) mass is 196 g/mol. The van der Waals surface area contributed by atoms with Crippen LogP contribution in [0.2, 0.25) is 0 Å². The van der Waals surface area contributed by atoms with Crippen LogP contribution < -0.4 is 0 Å². The second kappa shape index (κ2) is 13.0. The molecule has 0 aromatic carbocycles.